The van der Waals surface area contributed by atoms with Crippen LogP contribution in [0.3, 0.4) is 0 Å². The molecule has 0 radical (unpaired) electrons. The van der Waals surface area contributed by atoms with Crippen LogP contribution in [0.4, 0.5) is 15.8 Å². The van der Waals surface area contributed by atoms with Crippen LogP contribution in [0.1, 0.15) is 15.9 Å². The van der Waals surface area contributed by atoms with Crippen LogP contribution in [0.15, 0.2) is 30.5 Å². The summed E-state index contributed by atoms with van der Waals surface area (Å²) in [5.41, 5.74) is 0.321. The second-order valence-electron chi connectivity index (χ2n) is 4.26. The highest BCUT2D eigenvalue weighted by molar-refractivity contribution is 6.33. The fourth-order valence-corrected chi connectivity index (χ4v) is 1.89. The quantitative estimate of drug-likeness (QED) is 0.535. The van der Waals surface area contributed by atoms with Gasteiger partial charge in [0.25, 0.3) is 11.6 Å². The molecule has 2 rings (SSSR count). The van der Waals surface area contributed by atoms with Gasteiger partial charge in [0, 0.05) is 11.8 Å². The average molecular weight is 310 g/mol. The number of aryl methyl sites for hydroxylation is 1. The number of anilines is 1. The largest absolute Gasteiger partial charge is 0.322 e. The monoisotopic (exact) mass is 309 g/mol. The first-order valence-electron chi connectivity index (χ1n) is 5.75. The van der Waals surface area contributed by atoms with Gasteiger partial charge in [0.05, 0.1) is 10.5 Å². The maximum Gasteiger partial charge on any atom is 0.288 e. The molecule has 0 atom stereocenters. The number of benzene rings is 1. The summed E-state index contributed by atoms with van der Waals surface area (Å²) in [5, 5.41) is 12.9. The number of hydrogen-bond donors (Lipinski definition) is 1. The number of aromatic nitrogens is 1. The summed E-state index contributed by atoms with van der Waals surface area (Å²) in [6, 6.07) is 5.00. The van der Waals surface area contributed by atoms with Gasteiger partial charge in [0.15, 0.2) is 0 Å². The fraction of sp³-hybridized carbons (Fsp3) is 0.0769. The Bertz CT molecular complexity index is 716. The molecular formula is C13H9ClFN3O3. The van der Waals surface area contributed by atoms with Gasteiger partial charge in [-0.3, -0.25) is 14.9 Å². The summed E-state index contributed by atoms with van der Waals surface area (Å²) in [4.78, 5) is 25.6. The second kappa shape index (κ2) is 5.84. The summed E-state index contributed by atoms with van der Waals surface area (Å²) in [5.74, 6) is -1.21. The minimum absolute atomic E-state index is 0.159. The summed E-state index contributed by atoms with van der Waals surface area (Å²) in [6.45, 7) is 1.67. The lowest BCUT2D eigenvalue weighted by atomic mass is 10.2. The van der Waals surface area contributed by atoms with Crippen molar-refractivity contribution < 1.29 is 14.1 Å². The van der Waals surface area contributed by atoms with Crippen LogP contribution < -0.4 is 5.32 Å². The zero-order valence-corrected chi connectivity index (χ0v) is 11.5. The molecule has 1 aromatic carbocycles. The normalized spacial score (nSPS) is 10.2. The summed E-state index contributed by atoms with van der Waals surface area (Å²) in [6.07, 6.45) is 0.950. The van der Waals surface area contributed by atoms with E-state index >= 15 is 0 Å². The number of pyridine rings is 1. The van der Waals surface area contributed by atoms with Gasteiger partial charge < -0.3 is 5.32 Å². The van der Waals surface area contributed by atoms with E-state index in [-0.39, 0.29) is 22.1 Å². The van der Waals surface area contributed by atoms with Gasteiger partial charge in [-0.1, -0.05) is 11.6 Å². The Morgan fingerprint density at radius 1 is 1.38 bits per heavy atom. The van der Waals surface area contributed by atoms with Gasteiger partial charge in [0.1, 0.15) is 17.2 Å². The van der Waals surface area contributed by atoms with Crippen molar-refractivity contribution in [1.82, 2.24) is 4.98 Å². The van der Waals surface area contributed by atoms with E-state index in [2.05, 4.69) is 10.3 Å². The molecule has 0 fully saturated rings. The molecule has 0 saturated carbocycles. The van der Waals surface area contributed by atoms with Crippen molar-refractivity contribution in [1.29, 1.82) is 0 Å². The standard InChI is InChI=1S/C13H9ClFN3O3/c1-7-2-8(15)4-9(3-7)17-13(19)11-5-10(18(20)21)6-16-12(11)14/h2-6H,1H3,(H,17,19). The molecular weight excluding hydrogens is 301 g/mol. The molecule has 1 heterocycles. The SMILES string of the molecule is Cc1cc(F)cc(NC(=O)c2cc([N+](=O)[O-])cnc2Cl)c1. The van der Waals surface area contributed by atoms with Crippen molar-refractivity contribution in [3.05, 3.63) is 62.7 Å². The molecule has 6 nitrogen and oxygen atoms in total. The number of nitrogens with one attached hydrogen (secondary N) is 1. The summed E-state index contributed by atoms with van der Waals surface area (Å²) < 4.78 is 13.3. The van der Waals surface area contributed by atoms with Gasteiger partial charge in [0.2, 0.25) is 0 Å². The molecule has 0 aliphatic carbocycles. The average Bonchev–Trinajstić information content (AvgIpc) is 2.37. The fourth-order valence-electron chi connectivity index (χ4n) is 1.70. The molecule has 1 N–H and O–H groups in total. The lowest BCUT2D eigenvalue weighted by molar-refractivity contribution is -0.385. The summed E-state index contributed by atoms with van der Waals surface area (Å²) >= 11 is 5.76. The molecule has 1 amide bonds. The van der Waals surface area contributed by atoms with E-state index in [9.17, 15) is 19.3 Å². The first-order chi connectivity index (χ1) is 9.86. The van der Waals surface area contributed by atoms with E-state index in [1.54, 1.807) is 13.0 Å². The maximum absolute atomic E-state index is 13.3. The molecule has 0 unspecified atom stereocenters. The highest BCUT2D eigenvalue weighted by Crippen LogP contribution is 2.21. The molecule has 0 spiro atoms. The molecule has 21 heavy (non-hydrogen) atoms. The Balaban J connectivity index is 2.31. The van der Waals surface area contributed by atoms with Crippen molar-refractivity contribution in [3.63, 3.8) is 0 Å². The Labute approximate surface area is 123 Å². The third kappa shape index (κ3) is 3.51. The Hall–Kier alpha value is -2.54. The third-order valence-electron chi connectivity index (χ3n) is 2.58. The van der Waals surface area contributed by atoms with E-state index in [1.165, 1.54) is 6.07 Å². The zero-order valence-electron chi connectivity index (χ0n) is 10.8. The van der Waals surface area contributed by atoms with Gasteiger partial charge in [-0.05, 0) is 30.7 Å². The summed E-state index contributed by atoms with van der Waals surface area (Å²) in [7, 11) is 0. The molecule has 8 heteroatoms. The first kappa shape index (κ1) is 14.9. The van der Waals surface area contributed by atoms with Gasteiger partial charge >= 0.3 is 0 Å². The Morgan fingerprint density at radius 3 is 2.71 bits per heavy atom. The van der Waals surface area contributed by atoms with Crippen molar-refractivity contribution >= 4 is 28.9 Å². The number of amides is 1. The highest BCUT2D eigenvalue weighted by Gasteiger charge is 2.17. The minimum Gasteiger partial charge on any atom is -0.322 e. The van der Waals surface area contributed by atoms with Crippen molar-refractivity contribution in [2.75, 3.05) is 5.32 Å². The molecule has 2 aromatic rings. The van der Waals surface area contributed by atoms with Crippen molar-refractivity contribution in [3.8, 4) is 0 Å². The number of hydrogen-bond acceptors (Lipinski definition) is 4. The smallest absolute Gasteiger partial charge is 0.288 e. The van der Waals surface area contributed by atoms with Crippen LogP contribution in [0.25, 0.3) is 0 Å². The van der Waals surface area contributed by atoms with E-state index in [4.69, 9.17) is 11.6 Å². The number of halogens is 2. The van der Waals surface area contributed by atoms with Gasteiger partial charge in [-0.2, -0.15) is 0 Å². The highest BCUT2D eigenvalue weighted by atomic mass is 35.5. The van der Waals surface area contributed by atoms with E-state index in [0.717, 1.165) is 18.3 Å². The molecule has 1 aromatic heterocycles. The lowest BCUT2D eigenvalue weighted by Gasteiger charge is -2.07. The molecule has 0 bridgehead atoms. The lowest BCUT2D eigenvalue weighted by Crippen LogP contribution is -2.13. The Morgan fingerprint density at radius 2 is 2.10 bits per heavy atom. The van der Waals surface area contributed by atoms with Crippen LogP contribution in [0.5, 0.6) is 0 Å². The van der Waals surface area contributed by atoms with E-state index in [0.29, 0.717) is 5.56 Å². The van der Waals surface area contributed by atoms with Crippen molar-refractivity contribution in [2.45, 2.75) is 6.92 Å². The number of nitrogens with zero attached hydrogens (tertiary/aromatic N) is 2. The predicted octanol–water partition coefficient (Wildman–Crippen LogP) is 3.34. The second-order valence-corrected chi connectivity index (χ2v) is 4.62. The van der Waals surface area contributed by atoms with Gasteiger partial charge in [-0.25, -0.2) is 9.37 Å². The number of carbonyl (C=O) groups excluding carboxylic acids is 1. The molecule has 0 saturated heterocycles. The zero-order chi connectivity index (χ0) is 15.6. The molecule has 0 aliphatic rings. The van der Waals surface area contributed by atoms with E-state index < -0.39 is 16.6 Å². The molecule has 108 valence electrons. The number of nitro groups is 1. The van der Waals surface area contributed by atoms with Crippen LogP contribution >= 0.6 is 11.6 Å². The minimum atomic E-state index is -0.707. The van der Waals surface area contributed by atoms with Crippen LogP contribution in [0.2, 0.25) is 5.15 Å². The van der Waals surface area contributed by atoms with Gasteiger partial charge in [-0.15, -0.1) is 0 Å². The maximum atomic E-state index is 13.3. The van der Waals surface area contributed by atoms with Crippen LogP contribution in [-0.2, 0) is 0 Å². The number of carbonyl (C=O) groups is 1. The van der Waals surface area contributed by atoms with Crippen LogP contribution in [-0.4, -0.2) is 15.8 Å². The Kier molecular flexibility index (Phi) is 4.13. The predicted molar refractivity (Wildman–Crippen MR) is 75.0 cm³/mol. The third-order valence-corrected chi connectivity index (χ3v) is 2.88. The van der Waals surface area contributed by atoms with Crippen LogP contribution in [0, 0.1) is 22.9 Å². The number of rotatable bonds is 3. The first-order valence-corrected chi connectivity index (χ1v) is 6.13. The van der Waals surface area contributed by atoms with E-state index in [1.807, 2.05) is 0 Å². The topological polar surface area (TPSA) is 85.1 Å². The molecule has 0 aliphatic heterocycles. The van der Waals surface area contributed by atoms with Crippen molar-refractivity contribution in [2.24, 2.45) is 0 Å².